The highest BCUT2D eigenvalue weighted by atomic mass is 19.1. The number of hydrogen-bond donors (Lipinski definition) is 1. The molecule has 1 heterocycles. The number of carbonyl (C=O) groups excluding carboxylic acids is 1. The maximum Gasteiger partial charge on any atom is 0.263 e. The molecule has 1 amide bonds. The van der Waals surface area contributed by atoms with Crippen LogP contribution in [0.15, 0.2) is 65.4 Å². The first-order valence-electron chi connectivity index (χ1n) is 8.09. The predicted octanol–water partition coefficient (Wildman–Crippen LogP) is 4.11. The number of rotatable bonds is 4. The van der Waals surface area contributed by atoms with Gasteiger partial charge in [0.05, 0.1) is 14.1 Å². The highest BCUT2D eigenvalue weighted by Crippen LogP contribution is 2.31. The van der Waals surface area contributed by atoms with E-state index in [9.17, 15) is 9.18 Å². The van der Waals surface area contributed by atoms with Crippen LogP contribution in [-0.4, -0.2) is 30.3 Å². The van der Waals surface area contributed by atoms with Crippen molar-refractivity contribution in [3.63, 3.8) is 0 Å². The van der Waals surface area contributed by atoms with Crippen molar-refractivity contribution >= 4 is 17.3 Å². The Hall–Kier alpha value is -2.79. The normalized spacial score (nSPS) is 15.5. The number of nitrogens with one attached hydrogen (secondary N) is 1. The molecule has 3 rings (SSSR count). The molecule has 0 saturated carbocycles. The maximum atomic E-state index is 13.3. The van der Waals surface area contributed by atoms with Crippen LogP contribution in [0.3, 0.4) is 0 Å². The van der Waals surface area contributed by atoms with E-state index in [-0.39, 0.29) is 5.91 Å². The van der Waals surface area contributed by atoms with Gasteiger partial charge in [-0.25, -0.2) is 4.39 Å². The summed E-state index contributed by atoms with van der Waals surface area (Å²) in [7, 11) is 3.80. The second-order valence-electron chi connectivity index (χ2n) is 6.50. The van der Waals surface area contributed by atoms with Gasteiger partial charge in [0, 0.05) is 11.3 Å². The van der Waals surface area contributed by atoms with Crippen LogP contribution in [0.2, 0.25) is 0 Å². The number of alkyl halides is 1. The van der Waals surface area contributed by atoms with E-state index in [1.54, 1.807) is 6.07 Å². The van der Waals surface area contributed by atoms with E-state index in [0.717, 1.165) is 11.1 Å². The first-order valence-corrected chi connectivity index (χ1v) is 8.09. The summed E-state index contributed by atoms with van der Waals surface area (Å²) in [6, 6.07) is 14.7. The van der Waals surface area contributed by atoms with Gasteiger partial charge < -0.3 is 5.32 Å². The third kappa shape index (κ3) is 3.51. The lowest BCUT2D eigenvalue weighted by molar-refractivity contribution is -0.843. The fourth-order valence-electron chi connectivity index (χ4n) is 3.02. The molecule has 0 fully saturated rings. The average Bonchev–Trinajstić information content (AvgIpc) is 2.88. The van der Waals surface area contributed by atoms with Crippen molar-refractivity contribution in [2.75, 3.05) is 19.4 Å². The standard InChI is InChI=1S/C20H20FN3O/c1-14-18(13-24(2,3)23-14)20(25)22-19-11-7-6-10-17(19)16-9-5-4-8-15(16)12-21/h4-11,13H,12H2,1-3H3/p+1. The van der Waals surface area contributed by atoms with Gasteiger partial charge in [-0.1, -0.05) is 47.6 Å². The summed E-state index contributed by atoms with van der Waals surface area (Å²) in [6.45, 7) is 1.27. The number of nitrogens with zero attached hydrogens (tertiary/aromatic N) is 2. The number of para-hydroxylation sites is 1. The maximum absolute atomic E-state index is 13.3. The molecule has 0 radical (unpaired) electrons. The Kier molecular flexibility index (Phi) is 4.51. The number of halogens is 1. The van der Waals surface area contributed by atoms with E-state index in [4.69, 9.17) is 0 Å². The van der Waals surface area contributed by atoms with Crippen LogP contribution in [0.1, 0.15) is 12.5 Å². The van der Waals surface area contributed by atoms with E-state index < -0.39 is 6.67 Å². The summed E-state index contributed by atoms with van der Waals surface area (Å²) >= 11 is 0. The highest BCUT2D eigenvalue weighted by molar-refractivity contribution is 6.25. The minimum absolute atomic E-state index is 0.213. The Morgan fingerprint density at radius 2 is 1.72 bits per heavy atom. The molecular weight excluding hydrogens is 317 g/mol. The topological polar surface area (TPSA) is 41.5 Å². The Morgan fingerprint density at radius 1 is 1.08 bits per heavy atom. The van der Waals surface area contributed by atoms with E-state index in [2.05, 4.69) is 10.4 Å². The van der Waals surface area contributed by atoms with Crippen molar-refractivity contribution in [1.29, 1.82) is 0 Å². The van der Waals surface area contributed by atoms with Gasteiger partial charge in [-0.05, 0) is 24.1 Å². The number of carbonyl (C=O) groups is 1. The van der Waals surface area contributed by atoms with Crippen LogP contribution in [0, 0.1) is 0 Å². The first kappa shape index (κ1) is 17.0. The Balaban J connectivity index is 1.95. The predicted molar refractivity (Wildman–Crippen MR) is 98.6 cm³/mol. The molecule has 0 unspecified atom stereocenters. The molecule has 0 bridgehead atoms. The lowest BCUT2D eigenvalue weighted by Gasteiger charge is -2.14. The van der Waals surface area contributed by atoms with Crippen molar-refractivity contribution in [3.8, 4) is 11.1 Å². The van der Waals surface area contributed by atoms with Crippen molar-refractivity contribution < 1.29 is 13.8 Å². The van der Waals surface area contributed by atoms with Gasteiger partial charge in [0.15, 0.2) is 0 Å². The Morgan fingerprint density at radius 3 is 2.36 bits per heavy atom. The third-order valence-corrected chi connectivity index (χ3v) is 4.11. The van der Waals surface area contributed by atoms with Crippen LogP contribution in [0.25, 0.3) is 11.1 Å². The number of amides is 1. The van der Waals surface area contributed by atoms with Gasteiger partial charge in [-0.3, -0.25) is 4.79 Å². The summed E-state index contributed by atoms with van der Waals surface area (Å²) in [5, 5.41) is 7.37. The average molecular weight is 338 g/mol. The van der Waals surface area contributed by atoms with Crippen molar-refractivity contribution in [2.45, 2.75) is 13.6 Å². The fraction of sp³-hybridized carbons (Fsp3) is 0.200. The molecule has 4 nitrogen and oxygen atoms in total. The summed E-state index contributed by atoms with van der Waals surface area (Å²) in [5.74, 6) is -0.213. The van der Waals surface area contributed by atoms with E-state index in [1.807, 2.05) is 69.7 Å². The van der Waals surface area contributed by atoms with Crippen LogP contribution < -0.4 is 5.32 Å². The van der Waals surface area contributed by atoms with Crippen molar-refractivity contribution in [2.24, 2.45) is 5.10 Å². The number of hydrogen-bond acceptors (Lipinski definition) is 2. The summed E-state index contributed by atoms with van der Waals surface area (Å²) in [4.78, 5) is 12.7. The van der Waals surface area contributed by atoms with E-state index >= 15 is 0 Å². The molecule has 0 saturated heterocycles. The molecule has 0 aliphatic carbocycles. The van der Waals surface area contributed by atoms with E-state index in [1.165, 1.54) is 0 Å². The smallest absolute Gasteiger partial charge is 0.263 e. The van der Waals surface area contributed by atoms with Gasteiger partial charge in [0.25, 0.3) is 5.91 Å². The lowest BCUT2D eigenvalue weighted by Crippen LogP contribution is -2.24. The molecule has 25 heavy (non-hydrogen) atoms. The van der Waals surface area contributed by atoms with Gasteiger partial charge in [0.2, 0.25) is 0 Å². The van der Waals surface area contributed by atoms with Gasteiger partial charge in [0.1, 0.15) is 24.2 Å². The Bertz CT molecular complexity index is 884. The number of benzene rings is 2. The Labute approximate surface area is 146 Å². The first-order chi connectivity index (χ1) is 11.9. The van der Waals surface area contributed by atoms with Crippen LogP contribution in [0.5, 0.6) is 0 Å². The fourth-order valence-corrected chi connectivity index (χ4v) is 3.02. The zero-order valence-corrected chi connectivity index (χ0v) is 14.6. The molecule has 0 atom stereocenters. The van der Waals surface area contributed by atoms with E-state index in [0.29, 0.717) is 27.1 Å². The zero-order valence-electron chi connectivity index (χ0n) is 14.6. The minimum Gasteiger partial charge on any atom is -0.321 e. The SMILES string of the molecule is CC1=N[N+](C)(C)C=C1C(=O)Nc1ccccc1-c1ccccc1CF. The lowest BCUT2D eigenvalue weighted by atomic mass is 9.98. The van der Waals surface area contributed by atoms with Crippen molar-refractivity contribution in [3.05, 3.63) is 65.9 Å². The van der Waals surface area contributed by atoms with Gasteiger partial charge in [-0.15, -0.1) is 0 Å². The highest BCUT2D eigenvalue weighted by Gasteiger charge is 2.29. The molecule has 5 heteroatoms. The summed E-state index contributed by atoms with van der Waals surface area (Å²) in [6.07, 6.45) is 1.81. The van der Waals surface area contributed by atoms with Gasteiger partial charge in [-0.2, -0.15) is 4.59 Å². The van der Waals surface area contributed by atoms with Crippen molar-refractivity contribution in [1.82, 2.24) is 0 Å². The molecule has 2 aromatic carbocycles. The van der Waals surface area contributed by atoms with Crippen LogP contribution in [0.4, 0.5) is 10.1 Å². The second-order valence-corrected chi connectivity index (χ2v) is 6.50. The molecule has 1 N–H and O–H groups in total. The molecular formula is C20H21FN3O+. The number of anilines is 1. The molecule has 1 aliphatic rings. The van der Waals surface area contributed by atoms with Crippen LogP contribution >= 0.6 is 0 Å². The monoisotopic (exact) mass is 338 g/mol. The summed E-state index contributed by atoms with van der Waals surface area (Å²) < 4.78 is 13.6. The summed E-state index contributed by atoms with van der Waals surface area (Å²) in [5.41, 5.74) is 4.08. The van der Waals surface area contributed by atoms with Crippen LogP contribution in [-0.2, 0) is 11.5 Å². The largest absolute Gasteiger partial charge is 0.321 e. The molecule has 0 aromatic heterocycles. The number of quaternary nitrogens is 1. The molecule has 0 spiro atoms. The molecule has 128 valence electrons. The molecule has 1 aliphatic heterocycles. The third-order valence-electron chi connectivity index (χ3n) is 4.11. The molecule has 2 aromatic rings. The minimum atomic E-state index is -0.555. The zero-order chi connectivity index (χ0) is 18.0. The van der Waals surface area contributed by atoms with Gasteiger partial charge >= 0.3 is 0 Å². The second kappa shape index (κ2) is 6.61. The quantitative estimate of drug-likeness (QED) is 0.838.